The van der Waals surface area contributed by atoms with Crippen LogP contribution in [-0.2, 0) is 0 Å². The third kappa shape index (κ3) is 2.52. The van der Waals surface area contributed by atoms with Crippen LogP contribution in [0, 0.1) is 6.92 Å². The quantitative estimate of drug-likeness (QED) is 0.855. The summed E-state index contributed by atoms with van der Waals surface area (Å²) < 4.78 is 6.57. The van der Waals surface area contributed by atoms with Crippen LogP contribution in [0.15, 0.2) is 41.0 Å². The summed E-state index contributed by atoms with van der Waals surface area (Å²) in [4.78, 5) is 4.20. The van der Waals surface area contributed by atoms with Crippen LogP contribution in [0.1, 0.15) is 5.56 Å². The van der Waals surface area contributed by atoms with Crippen LogP contribution in [0.3, 0.4) is 0 Å². The Morgan fingerprint density at radius 1 is 1.25 bits per heavy atom. The Balaban J connectivity index is 2.23. The SMILES string of the molecule is Cc1cc(Br)cnc1Oc1ccc(N)cc1. The summed E-state index contributed by atoms with van der Waals surface area (Å²) in [7, 11) is 0. The molecule has 82 valence electrons. The molecule has 0 radical (unpaired) electrons. The monoisotopic (exact) mass is 278 g/mol. The molecule has 0 saturated carbocycles. The number of anilines is 1. The van der Waals surface area contributed by atoms with E-state index in [1.165, 1.54) is 0 Å². The fourth-order valence-electron chi connectivity index (χ4n) is 1.28. The molecule has 0 unspecified atom stereocenters. The minimum absolute atomic E-state index is 0.605. The average Bonchev–Trinajstić information content (AvgIpc) is 2.25. The average molecular weight is 279 g/mol. The molecular formula is C12H11BrN2O. The summed E-state index contributed by atoms with van der Waals surface area (Å²) in [6, 6.07) is 9.18. The summed E-state index contributed by atoms with van der Waals surface area (Å²) in [5, 5.41) is 0. The number of pyridine rings is 1. The predicted octanol–water partition coefficient (Wildman–Crippen LogP) is 3.53. The van der Waals surface area contributed by atoms with E-state index in [-0.39, 0.29) is 0 Å². The van der Waals surface area contributed by atoms with Crippen molar-refractivity contribution < 1.29 is 4.74 Å². The van der Waals surface area contributed by atoms with E-state index in [0.717, 1.165) is 15.8 Å². The molecule has 0 saturated heterocycles. The Kier molecular flexibility index (Phi) is 3.10. The summed E-state index contributed by atoms with van der Waals surface area (Å²) in [6.07, 6.45) is 1.71. The number of nitrogens with zero attached hydrogens (tertiary/aromatic N) is 1. The van der Waals surface area contributed by atoms with Gasteiger partial charge in [0.15, 0.2) is 0 Å². The molecule has 2 rings (SSSR count). The van der Waals surface area contributed by atoms with Crippen LogP contribution in [0.2, 0.25) is 0 Å². The van der Waals surface area contributed by atoms with Crippen molar-refractivity contribution in [1.82, 2.24) is 4.98 Å². The van der Waals surface area contributed by atoms with Crippen LogP contribution < -0.4 is 10.5 Å². The van der Waals surface area contributed by atoms with Crippen LogP contribution in [0.4, 0.5) is 5.69 Å². The molecule has 0 atom stereocenters. The Bertz CT molecular complexity index is 497. The number of nitrogen functional groups attached to an aromatic ring is 1. The van der Waals surface area contributed by atoms with Crippen molar-refractivity contribution in [3.05, 3.63) is 46.6 Å². The third-order valence-corrected chi connectivity index (χ3v) is 2.53. The molecule has 2 N–H and O–H groups in total. The number of aryl methyl sites for hydroxylation is 1. The molecule has 16 heavy (non-hydrogen) atoms. The second-order valence-corrected chi connectivity index (χ2v) is 4.36. The largest absolute Gasteiger partial charge is 0.439 e. The molecule has 0 bridgehead atoms. The minimum Gasteiger partial charge on any atom is -0.439 e. The molecule has 0 amide bonds. The van der Waals surface area contributed by atoms with Crippen molar-refractivity contribution in [3.8, 4) is 11.6 Å². The second kappa shape index (κ2) is 4.53. The topological polar surface area (TPSA) is 48.1 Å². The zero-order valence-electron chi connectivity index (χ0n) is 8.77. The van der Waals surface area contributed by atoms with E-state index in [0.29, 0.717) is 11.6 Å². The number of aromatic nitrogens is 1. The van der Waals surface area contributed by atoms with Crippen LogP contribution in [0.5, 0.6) is 11.6 Å². The van der Waals surface area contributed by atoms with Crippen molar-refractivity contribution in [2.24, 2.45) is 0 Å². The van der Waals surface area contributed by atoms with Gasteiger partial charge in [0.2, 0.25) is 5.88 Å². The van der Waals surface area contributed by atoms with Gasteiger partial charge in [-0.1, -0.05) is 0 Å². The van der Waals surface area contributed by atoms with Crippen LogP contribution >= 0.6 is 15.9 Å². The van der Waals surface area contributed by atoms with E-state index in [1.54, 1.807) is 18.3 Å². The molecule has 1 aromatic carbocycles. The van der Waals surface area contributed by atoms with Gasteiger partial charge in [0.25, 0.3) is 0 Å². The van der Waals surface area contributed by atoms with Gasteiger partial charge in [-0.15, -0.1) is 0 Å². The van der Waals surface area contributed by atoms with E-state index in [9.17, 15) is 0 Å². The summed E-state index contributed by atoms with van der Waals surface area (Å²) >= 11 is 3.36. The minimum atomic E-state index is 0.605. The molecule has 0 aliphatic heterocycles. The van der Waals surface area contributed by atoms with Crippen molar-refractivity contribution in [3.63, 3.8) is 0 Å². The van der Waals surface area contributed by atoms with Gasteiger partial charge in [0.05, 0.1) is 0 Å². The molecular weight excluding hydrogens is 268 g/mol. The van der Waals surface area contributed by atoms with Gasteiger partial charge in [-0.2, -0.15) is 0 Å². The lowest BCUT2D eigenvalue weighted by Crippen LogP contribution is -1.91. The molecule has 0 aliphatic carbocycles. The summed E-state index contributed by atoms with van der Waals surface area (Å²) in [5.41, 5.74) is 7.29. The predicted molar refractivity (Wildman–Crippen MR) is 67.6 cm³/mol. The molecule has 0 aliphatic rings. The molecule has 4 heteroatoms. The number of halogens is 1. The van der Waals surface area contributed by atoms with Crippen molar-refractivity contribution in [1.29, 1.82) is 0 Å². The first kappa shape index (κ1) is 11.0. The van der Waals surface area contributed by atoms with Crippen LogP contribution in [0.25, 0.3) is 0 Å². The smallest absolute Gasteiger partial charge is 0.222 e. The van der Waals surface area contributed by atoms with Crippen LogP contribution in [-0.4, -0.2) is 4.98 Å². The number of hydrogen-bond donors (Lipinski definition) is 1. The second-order valence-electron chi connectivity index (χ2n) is 3.45. The molecule has 1 heterocycles. The lowest BCUT2D eigenvalue weighted by molar-refractivity contribution is 0.459. The lowest BCUT2D eigenvalue weighted by atomic mass is 10.3. The van der Waals surface area contributed by atoms with Gasteiger partial charge in [0, 0.05) is 21.9 Å². The van der Waals surface area contributed by atoms with Gasteiger partial charge in [-0.25, -0.2) is 4.98 Å². The van der Waals surface area contributed by atoms with Crippen molar-refractivity contribution in [2.75, 3.05) is 5.73 Å². The third-order valence-electron chi connectivity index (χ3n) is 2.09. The van der Waals surface area contributed by atoms with E-state index >= 15 is 0 Å². The Labute approximate surface area is 102 Å². The first-order valence-corrected chi connectivity index (χ1v) is 5.60. The van der Waals surface area contributed by atoms with E-state index in [4.69, 9.17) is 10.5 Å². The summed E-state index contributed by atoms with van der Waals surface area (Å²) in [6.45, 7) is 1.95. The summed E-state index contributed by atoms with van der Waals surface area (Å²) in [5.74, 6) is 1.33. The Hall–Kier alpha value is -1.55. The van der Waals surface area contributed by atoms with Gasteiger partial charge in [-0.05, 0) is 53.2 Å². The van der Waals surface area contributed by atoms with E-state index in [1.807, 2.05) is 25.1 Å². The molecule has 0 fully saturated rings. The molecule has 0 spiro atoms. The van der Waals surface area contributed by atoms with Gasteiger partial charge in [-0.3, -0.25) is 0 Å². The molecule has 2 aromatic rings. The fourth-order valence-corrected chi connectivity index (χ4v) is 1.73. The normalized spacial score (nSPS) is 10.1. The Morgan fingerprint density at radius 3 is 2.56 bits per heavy atom. The van der Waals surface area contributed by atoms with Crippen molar-refractivity contribution in [2.45, 2.75) is 6.92 Å². The number of nitrogens with two attached hydrogens (primary N) is 1. The zero-order valence-corrected chi connectivity index (χ0v) is 10.4. The maximum atomic E-state index is 5.63. The van der Waals surface area contributed by atoms with Gasteiger partial charge in [0.1, 0.15) is 5.75 Å². The number of hydrogen-bond acceptors (Lipinski definition) is 3. The highest BCUT2D eigenvalue weighted by Gasteiger charge is 2.03. The molecule has 3 nitrogen and oxygen atoms in total. The van der Waals surface area contributed by atoms with E-state index in [2.05, 4.69) is 20.9 Å². The lowest BCUT2D eigenvalue weighted by Gasteiger charge is -2.07. The number of ether oxygens (including phenoxy) is 1. The number of rotatable bonds is 2. The maximum absolute atomic E-state index is 5.63. The first-order chi connectivity index (χ1) is 7.65. The van der Waals surface area contributed by atoms with Gasteiger partial charge < -0.3 is 10.5 Å². The highest BCUT2D eigenvalue weighted by Crippen LogP contribution is 2.25. The number of benzene rings is 1. The van der Waals surface area contributed by atoms with E-state index < -0.39 is 0 Å². The first-order valence-electron chi connectivity index (χ1n) is 4.81. The standard InChI is InChI=1S/C12H11BrN2O/c1-8-6-9(13)7-15-12(8)16-11-4-2-10(14)3-5-11/h2-7H,14H2,1H3. The highest BCUT2D eigenvalue weighted by molar-refractivity contribution is 9.10. The van der Waals surface area contributed by atoms with Crippen molar-refractivity contribution >= 4 is 21.6 Å². The Morgan fingerprint density at radius 2 is 1.94 bits per heavy atom. The highest BCUT2D eigenvalue weighted by atomic mass is 79.9. The fraction of sp³-hybridized carbons (Fsp3) is 0.0833. The maximum Gasteiger partial charge on any atom is 0.222 e. The molecule has 1 aromatic heterocycles. The van der Waals surface area contributed by atoms with Gasteiger partial charge >= 0.3 is 0 Å². The zero-order chi connectivity index (χ0) is 11.5.